The number of carbonyl (C=O) groups excluding carboxylic acids is 2. The smallest absolute Gasteiger partial charge is 0.257 e. The SMILES string of the molecule is C=C/C=C\C(=C(/C)N)c1ccc(C2CN(C(=O)c3ccc(C)c(NC(=O)c4ccc(C)nc4)c3)C2)cc1. The summed E-state index contributed by atoms with van der Waals surface area (Å²) in [4.78, 5) is 31.8. The first-order valence-corrected chi connectivity index (χ1v) is 12.3. The van der Waals surface area contributed by atoms with Crippen LogP contribution < -0.4 is 11.1 Å². The summed E-state index contributed by atoms with van der Waals surface area (Å²) in [5.74, 6) is -0.0128. The third kappa shape index (κ3) is 5.86. The molecule has 1 fully saturated rings. The van der Waals surface area contributed by atoms with E-state index < -0.39 is 0 Å². The number of anilines is 1. The summed E-state index contributed by atoms with van der Waals surface area (Å²) in [6.45, 7) is 10.7. The van der Waals surface area contributed by atoms with E-state index in [0.29, 0.717) is 29.9 Å². The largest absolute Gasteiger partial charge is 0.402 e. The zero-order valence-corrected chi connectivity index (χ0v) is 21.5. The van der Waals surface area contributed by atoms with Crippen LogP contribution in [0.25, 0.3) is 5.57 Å². The number of aromatic nitrogens is 1. The van der Waals surface area contributed by atoms with Gasteiger partial charge < -0.3 is 16.0 Å². The second-order valence-corrected chi connectivity index (χ2v) is 9.39. The van der Waals surface area contributed by atoms with Crippen molar-refractivity contribution in [2.45, 2.75) is 26.7 Å². The predicted octanol–water partition coefficient (Wildman–Crippen LogP) is 5.62. The highest BCUT2D eigenvalue weighted by molar-refractivity contribution is 6.05. The van der Waals surface area contributed by atoms with Crippen molar-refractivity contribution in [3.63, 3.8) is 0 Å². The van der Waals surface area contributed by atoms with Crippen LogP contribution in [0.4, 0.5) is 5.69 Å². The van der Waals surface area contributed by atoms with Gasteiger partial charge in [-0.05, 0) is 61.7 Å². The number of carbonyl (C=O) groups is 2. The van der Waals surface area contributed by atoms with Crippen LogP contribution in [-0.2, 0) is 0 Å². The number of nitrogens with two attached hydrogens (primary N) is 1. The van der Waals surface area contributed by atoms with Crippen molar-refractivity contribution < 1.29 is 9.59 Å². The molecule has 2 aromatic carbocycles. The molecule has 2 heterocycles. The molecule has 0 bridgehead atoms. The Hall–Kier alpha value is -4.45. The molecular formula is C31H32N4O2. The van der Waals surface area contributed by atoms with Crippen molar-refractivity contribution in [1.82, 2.24) is 9.88 Å². The van der Waals surface area contributed by atoms with Crippen LogP contribution in [0.3, 0.4) is 0 Å². The molecule has 1 aromatic heterocycles. The fourth-order valence-corrected chi connectivity index (χ4v) is 4.28. The molecule has 0 radical (unpaired) electrons. The highest BCUT2D eigenvalue weighted by Gasteiger charge is 2.32. The average molecular weight is 493 g/mol. The van der Waals surface area contributed by atoms with Gasteiger partial charge in [0, 0.05) is 53.4 Å². The first-order chi connectivity index (χ1) is 17.8. The molecule has 0 spiro atoms. The maximum absolute atomic E-state index is 13.1. The molecule has 0 aliphatic carbocycles. The van der Waals surface area contributed by atoms with E-state index in [1.165, 1.54) is 5.56 Å². The first kappa shape index (κ1) is 25.6. The van der Waals surface area contributed by atoms with Crippen LogP contribution in [0.15, 0.2) is 91.3 Å². The minimum Gasteiger partial charge on any atom is -0.402 e. The molecule has 1 saturated heterocycles. The lowest BCUT2D eigenvalue weighted by Gasteiger charge is -2.39. The Morgan fingerprint density at radius 2 is 1.70 bits per heavy atom. The van der Waals surface area contributed by atoms with E-state index in [1.807, 2.05) is 50.0 Å². The summed E-state index contributed by atoms with van der Waals surface area (Å²) >= 11 is 0. The Labute approximate surface area is 218 Å². The lowest BCUT2D eigenvalue weighted by Crippen LogP contribution is -2.48. The summed E-state index contributed by atoms with van der Waals surface area (Å²) < 4.78 is 0. The number of nitrogens with zero attached hydrogens (tertiary/aromatic N) is 2. The van der Waals surface area contributed by atoms with E-state index in [2.05, 4.69) is 41.1 Å². The van der Waals surface area contributed by atoms with Gasteiger partial charge in [0.15, 0.2) is 0 Å². The van der Waals surface area contributed by atoms with Gasteiger partial charge in [-0.3, -0.25) is 14.6 Å². The third-order valence-electron chi connectivity index (χ3n) is 6.59. The predicted molar refractivity (Wildman–Crippen MR) is 149 cm³/mol. The van der Waals surface area contributed by atoms with Gasteiger partial charge in [-0.25, -0.2) is 0 Å². The molecule has 0 unspecified atom stereocenters. The van der Waals surface area contributed by atoms with Gasteiger partial charge in [0.2, 0.25) is 0 Å². The van der Waals surface area contributed by atoms with Gasteiger partial charge >= 0.3 is 0 Å². The molecule has 1 aliphatic rings. The van der Waals surface area contributed by atoms with Crippen molar-refractivity contribution in [3.8, 4) is 0 Å². The van der Waals surface area contributed by atoms with Gasteiger partial charge in [0.05, 0.1) is 5.56 Å². The van der Waals surface area contributed by atoms with Gasteiger partial charge in [0.1, 0.15) is 0 Å². The zero-order valence-electron chi connectivity index (χ0n) is 21.5. The summed E-state index contributed by atoms with van der Waals surface area (Å²) in [7, 11) is 0. The minimum atomic E-state index is -0.254. The number of benzene rings is 2. The number of nitrogens with one attached hydrogen (secondary N) is 1. The number of pyridine rings is 1. The summed E-state index contributed by atoms with van der Waals surface area (Å²) in [5, 5.41) is 2.91. The monoisotopic (exact) mass is 492 g/mol. The maximum Gasteiger partial charge on any atom is 0.257 e. The topological polar surface area (TPSA) is 88.3 Å². The van der Waals surface area contributed by atoms with Crippen LogP contribution in [0.5, 0.6) is 0 Å². The molecule has 4 rings (SSSR count). The van der Waals surface area contributed by atoms with Crippen LogP contribution in [0, 0.1) is 13.8 Å². The minimum absolute atomic E-state index is 0.0427. The van der Waals surface area contributed by atoms with Crippen LogP contribution >= 0.6 is 0 Å². The molecular weight excluding hydrogens is 460 g/mol. The number of likely N-dealkylation sites (tertiary alicyclic amines) is 1. The number of aryl methyl sites for hydroxylation is 2. The van der Waals surface area contributed by atoms with Crippen LogP contribution in [0.2, 0.25) is 0 Å². The number of hydrogen-bond acceptors (Lipinski definition) is 4. The molecule has 0 atom stereocenters. The van der Waals surface area contributed by atoms with Gasteiger partial charge in [0.25, 0.3) is 11.8 Å². The van der Waals surface area contributed by atoms with E-state index in [0.717, 1.165) is 28.1 Å². The quantitative estimate of drug-likeness (QED) is 0.419. The summed E-state index contributed by atoms with van der Waals surface area (Å²) in [6.07, 6.45) is 7.10. The molecule has 3 aromatic rings. The van der Waals surface area contributed by atoms with E-state index >= 15 is 0 Å². The van der Waals surface area contributed by atoms with Gasteiger partial charge in [-0.1, -0.05) is 55.1 Å². The van der Waals surface area contributed by atoms with Crippen molar-refractivity contribution in [3.05, 3.63) is 125 Å². The van der Waals surface area contributed by atoms with E-state index in [1.54, 1.807) is 30.5 Å². The Morgan fingerprint density at radius 3 is 2.32 bits per heavy atom. The van der Waals surface area contributed by atoms with Crippen molar-refractivity contribution in [1.29, 1.82) is 0 Å². The Kier molecular flexibility index (Phi) is 7.68. The number of rotatable bonds is 7. The number of allylic oxidation sites excluding steroid dienone is 5. The summed E-state index contributed by atoms with van der Waals surface area (Å²) in [6, 6.07) is 17.3. The zero-order chi connectivity index (χ0) is 26.5. The number of amides is 2. The molecule has 3 N–H and O–H groups in total. The Balaban J connectivity index is 1.40. The third-order valence-corrected chi connectivity index (χ3v) is 6.59. The highest BCUT2D eigenvalue weighted by atomic mass is 16.2. The second-order valence-electron chi connectivity index (χ2n) is 9.39. The van der Waals surface area contributed by atoms with Gasteiger partial charge in [-0.15, -0.1) is 0 Å². The van der Waals surface area contributed by atoms with E-state index in [9.17, 15) is 9.59 Å². The molecule has 2 amide bonds. The molecule has 0 saturated carbocycles. The first-order valence-electron chi connectivity index (χ1n) is 12.3. The van der Waals surface area contributed by atoms with E-state index in [-0.39, 0.29) is 17.7 Å². The average Bonchev–Trinajstić information content (AvgIpc) is 2.85. The Morgan fingerprint density at radius 1 is 1.03 bits per heavy atom. The van der Waals surface area contributed by atoms with Crippen molar-refractivity contribution in [2.24, 2.45) is 5.73 Å². The molecule has 6 heteroatoms. The number of hydrogen-bond donors (Lipinski definition) is 2. The maximum atomic E-state index is 13.1. The Bertz CT molecular complexity index is 1380. The van der Waals surface area contributed by atoms with Crippen LogP contribution in [-0.4, -0.2) is 34.8 Å². The highest BCUT2D eigenvalue weighted by Crippen LogP contribution is 2.30. The molecule has 188 valence electrons. The normalized spacial score (nSPS) is 14.2. The van der Waals surface area contributed by atoms with Crippen molar-refractivity contribution >= 4 is 23.1 Å². The lowest BCUT2D eigenvalue weighted by molar-refractivity contribution is 0.0602. The fourth-order valence-electron chi connectivity index (χ4n) is 4.28. The summed E-state index contributed by atoms with van der Waals surface area (Å²) in [5.41, 5.74) is 13.4. The van der Waals surface area contributed by atoms with E-state index in [4.69, 9.17) is 5.73 Å². The molecule has 6 nitrogen and oxygen atoms in total. The fraction of sp³-hybridized carbons (Fsp3) is 0.194. The van der Waals surface area contributed by atoms with Crippen molar-refractivity contribution in [2.75, 3.05) is 18.4 Å². The second kappa shape index (κ2) is 11.1. The van der Waals surface area contributed by atoms with Crippen LogP contribution in [0.1, 0.15) is 55.9 Å². The lowest BCUT2D eigenvalue weighted by atomic mass is 9.89. The molecule has 37 heavy (non-hydrogen) atoms. The molecule has 1 aliphatic heterocycles. The standard InChI is InChI=1S/C31H32N4O2/c1-5-6-7-28(22(4)32)24-14-12-23(13-15-24)27-18-35(19-27)31(37)25-10-8-20(2)29(16-25)34-30(36)26-11-9-21(3)33-17-26/h5-17,27H,1,18-19,32H2,2-4H3,(H,34,36)/b7-6-,28-22-. The van der Waals surface area contributed by atoms with Gasteiger partial charge in [-0.2, -0.15) is 0 Å².